The molecular weight excluding hydrogens is 330 g/mol. The number of aromatic amines is 1. The van der Waals surface area contributed by atoms with Crippen LogP contribution in [0.2, 0.25) is 0 Å². The highest BCUT2D eigenvalue weighted by Gasteiger charge is 2.21. The highest BCUT2D eigenvalue weighted by molar-refractivity contribution is 5.77. The van der Waals surface area contributed by atoms with Gasteiger partial charge in [-0.05, 0) is 25.3 Å². The van der Waals surface area contributed by atoms with Gasteiger partial charge < -0.3 is 15.0 Å². The largest absolute Gasteiger partial charge is 0.478 e. The maximum Gasteiger partial charge on any atom is 0.258 e. The maximum atomic E-state index is 12.1. The fraction of sp³-hybridized carbons (Fsp3) is 0.400. The number of nitrogens with one attached hydrogen (secondary N) is 2. The molecule has 26 heavy (non-hydrogen) atoms. The molecule has 6 nitrogen and oxygen atoms in total. The summed E-state index contributed by atoms with van der Waals surface area (Å²) in [5, 5.41) is 3.01. The zero-order valence-corrected chi connectivity index (χ0v) is 15.0. The Bertz CT molecular complexity index is 780. The summed E-state index contributed by atoms with van der Waals surface area (Å²) in [4.78, 5) is 29.2. The van der Waals surface area contributed by atoms with E-state index in [0.717, 1.165) is 32.5 Å². The molecule has 6 heteroatoms. The van der Waals surface area contributed by atoms with Gasteiger partial charge in [0.25, 0.3) is 5.91 Å². The van der Waals surface area contributed by atoms with Crippen molar-refractivity contribution in [2.24, 2.45) is 0 Å². The number of carbonyl (C=O) groups excluding carboxylic acids is 1. The van der Waals surface area contributed by atoms with Gasteiger partial charge in [-0.1, -0.05) is 30.3 Å². The van der Waals surface area contributed by atoms with Crippen LogP contribution in [-0.2, 0) is 11.3 Å². The summed E-state index contributed by atoms with van der Waals surface area (Å²) in [6, 6.07) is 12.0. The molecule has 1 aliphatic heterocycles. The summed E-state index contributed by atoms with van der Waals surface area (Å²) in [5.74, 6) is 0.0227. The van der Waals surface area contributed by atoms with Crippen molar-refractivity contribution in [1.29, 1.82) is 0 Å². The monoisotopic (exact) mass is 355 g/mol. The van der Waals surface area contributed by atoms with Crippen molar-refractivity contribution in [2.45, 2.75) is 32.4 Å². The summed E-state index contributed by atoms with van der Waals surface area (Å²) in [6.07, 6.45) is 3.40. The number of amides is 1. The molecule has 1 aromatic heterocycles. The van der Waals surface area contributed by atoms with Crippen LogP contribution in [0.3, 0.4) is 0 Å². The molecule has 0 saturated carbocycles. The number of hydrogen-bond acceptors (Lipinski definition) is 4. The van der Waals surface area contributed by atoms with E-state index in [-0.39, 0.29) is 29.7 Å². The number of carbonyl (C=O) groups is 1. The molecular formula is C20H25N3O3. The molecule has 1 saturated heterocycles. The first-order valence-electron chi connectivity index (χ1n) is 8.98. The maximum absolute atomic E-state index is 12.1. The van der Waals surface area contributed by atoms with Crippen LogP contribution in [0.4, 0.5) is 0 Å². The van der Waals surface area contributed by atoms with Crippen LogP contribution < -0.4 is 15.5 Å². The van der Waals surface area contributed by atoms with Crippen LogP contribution in [0.1, 0.15) is 24.1 Å². The molecule has 1 aromatic carbocycles. The normalized spacial score (nSPS) is 15.6. The summed E-state index contributed by atoms with van der Waals surface area (Å²) < 4.78 is 5.40. The van der Waals surface area contributed by atoms with Crippen LogP contribution >= 0.6 is 0 Å². The van der Waals surface area contributed by atoms with Crippen molar-refractivity contribution in [2.75, 3.05) is 19.7 Å². The second kappa shape index (κ2) is 8.67. The van der Waals surface area contributed by atoms with Gasteiger partial charge in [-0.25, -0.2) is 0 Å². The molecule has 1 fully saturated rings. The third-order valence-electron chi connectivity index (χ3n) is 4.65. The van der Waals surface area contributed by atoms with Crippen molar-refractivity contribution < 1.29 is 9.53 Å². The van der Waals surface area contributed by atoms with Gasteiger partial charge in [-0.3, -0.25) is 14.5 Å². The lowest BCUT2D eigenvalue weighted by Gasteiger charge is -2.32. The Balaban J connectivity index is 1.41. The fourth-order valence-corrected chi connectivity index (χ4v) is 3.23. The van der Waals surface area contributed by atoms with E-state index >= 15 is 0 Å². The van der Waals surface area contributed by atoms with Gasteiger partial charge in [-0.2, -0.15) is 0 Å². The van der Waals surface area contributed by atoms with Gasteiger partial charge in [0, 0.05) is 37.9 Å². The molecule has 1 amide bonds. The standard InChI is InChI=1S/C20H25N3O3/c1-15-20(18(24)7-10-21-15)26-14-19(25)22-17-8-11-23(12-9-17)13-16-5-3-2-4-6-16/h2-7,10,17H,8-9,11-14H2,1H3,(H,21,24)(H,22,25). The fourth-order valence-electron chi connectivity index (χ4n) is 3.23. The Morgan fingerprint density at radius 3 is 2.65 bits per heavy atom. The topological polar surface area (TPSA) is 74.4 Å². The summed E-state index contributed by atoms with van der Waals surface area (Å²) >= 11 is 0. The predicted molar refractivity (Wildman–Crippen MR) is 100 cm³/mol. The molecule has 0 unspecified atom stereocenters. The number of pyridine rings is 1. The summed E-state index contributed by atoms with van der Waals surface area (Å²) in [7, 11) is 0. The van der Waals surface area contributed by atoms with Gasteiger partial charge in [0.1, 0.15) is 0 Å². The summed E-state index contributed by atoms with van der Waals surface area (Å²) in [5.41, 5.74) is 1.72. The van der Waals surface area contributed by atoms with E-state index in [2.05, 4.69) is 39.5 Å². The van der Waals surface area contributed by atoms with E-state index in [1.165, 1.54) is 11.6 Å². The Labute approximate surface area is 153 Å². The molecule has 3 rings (SSSR count). The number of aryl methyl sites for hydroxylation is 1. The molecule has 0 aliphatic carbocycles. The van der Waals surface area contributed by atoms with E-state index in [1.807, 2.05) is 6.07 Å². The average Bonchev–Trinajstić information content (AvgIpc) is 2.64. The van der Waals surface area contributed by atoms with E-state index in [1.54, 1.807) is 13.1 Å². The van der Waals surface area contributed by atoms with Gasteiger partial charge in [0.15, 0.2) is 12.4 Å². The molecule has 2 heterocycles. The number of hydrogen-bond donors (Lipinski definition) is 2. The van der Waals surface area contributed by atoms with E-state index in [4.69, 9.17) is 4.74 Å². The minimum absolute atomic E-state index is 0.141. The number of aromatic nitrogens is 1. The number of nitrogens with zero attached hydrogens (tertiary/aromatic N) is 1. The van der Waals surface area contributed by atoms with Gasteiger partial charge >= 0.3 is 0 Å². The van der Waals surface area contributed by atoms with E-state index in [0.29, 0.717) is 5.69 Å². The number of ether oxygens (including phenoxy) is 1. The zero-order valence-electron chi connectivity index (χ0n) is 15.0. The van der Waals surface area contributed by atoms with Crippen molar-refractivity contribution in [1.82, 2.24) is 15.2 Å². The lowest BCUT2D eigenvalue weighted by Crippen LogP contribution is -2.45. The van der Waals surface area contributed by atoms with Crippen molar-refractivity contribution in [3.05, 3.63) is 64.1 Å². The van der Waals surface area contributed by atoms with Crippen LogP contribution in [0.25, 0.3) is 0 Å². The Hall–Kier alpha value is -2.60. The molecule has 2 aromatic rings. The van der Waals surface area contributed by atoms with Crippen LogP contribution in [-0.4, -0.2) is 41.5 Å². The Morgan fingerprint density at radius 1 is 1.23 bits per heavy atom. The van der Waals surface area contributed by atoms with Gasteiger partial charge in [-0.15, -0.1) is 0 Å². The predicted octanol–water partition coefficient (Wildman–Crippen LogP) is 1.84. The highest BCUT2D eigenvalue weighted by Crippen LogP contribution is 2.14. The lowest BCUT2D eigenvalue weighted by molar-refractivity contribution is -0.124. The molecule has 1 aliphatic rings. The summed E-state index contributed by atoms with van der Waals surface area (Å²) in [6.45, 7) is 4.46. The van der Waals surface area contributed by atoms with Crippen LogP contribution in [0.15, 0.2) is 47.4 Å². The molecule has 0 radical (unpaired) electrons. The first-order valence-corrected chi connectivity index (χ1v) is 8.98. The van der Waals surface area contributed by atoms with Gasteiger partial charge in [0.05, 0.1) is 5.69 Å². The average molecular weight is 355 g/mol. The molecule has 0 atom stereocenters. The minimum atomic E-state index is -0.219. The second-order valence-corrected chi connectivity index (χ2v) is 6.69. The molecule has 0 bridgehead atoms. The van der Waals surface area contributed by atoms with E-state index in [9.17, 15) is 9.59 Å². The van der Waals surface area contributed by atoms with Crippen LogP contribution in [0.5, 0.6) is 5.75 Å². The highest BCUT2D eigenvalue weighted by atomic mass is 16.5. The van der Waals surface area contributed by atoms with Crippen molar-refractivity contribution in [3.63, 3.8) is 0 Å². The zero-order chi connectivity index (χ0) is 18.4. The lowest BCUT2D eigenvalue weighted by atomic mass is 10.0. The smallest absolute Gasteiger partial charge is 0.258 e. The van der Waals surface area contributed by atoms with Crippen molar-refractivity contribution in [3.8, 4) is 5.75 Å². The first kappa shape index (κ1) is 18.2. The minimum Gasteiger partial charge on any atom is -0.478 e. The number of H-pyrrole nitrogens is 1. The SMILES string of the molecule is Cc1[nH]ccc(=O)c1OCC(=O)NC1CCN(Cc2ccccc2)CC1. The first-order chi connectivity index (χ1) is 12.6. The Kier molecular flexibility index (Phi) is 6.07. The molecule has 2 N–H and O–H groups in total. The van der Waals surface area contributed by atoms with Gasteiger partial charge in [0.2, 0.25) is 5.43 Å². The molecule has 138 valence electrons. The number of rotatable bonds is 6. The molecule has 0 spiro atoms. The van der Waals surface area contributed by atoms with Crippen molar-refractivity contribution >= 4 is 5.91 Å². The quantitative estimate of drug-likeness (QED) is 0.829. The second-order valence-electron chi connectivity index (χ2n) is 6.69. The number of benzene rings is 1. The third-order valence-corrected chi connectivity index (χ3v) is 4.65. The van der Waals surface area contributed by atoms with E-state index < -0.39 is 0 Å². The van der Waals surface area contributed by atoms with Crippen LogP contribution in [0, 0.1) is 6.92 Å². The third kappa shape index (κ3) is 4.95. The number of piperidine rings is 1. The number of likely N-dealkylation sites (tertiary alicyclic amines) is 1. The Morgan fingerprint density at radius 2 is 1.96 bits per heavy atom.